The molecule has 6 heteroatoms. The lowest BCUT2D eigenvalue weighted by molar-refractivity contribution is 0.0772. The summed E-state index contributed by atoms with van der Waals surface area (Å²) in [7, 11) is 0. The van der Waals surface area contributed by atoms with Crippen LogP contribution in [0.1, 0.15) is 10.4 Å². The van der Waals surface area contributed by atoms with E-state index in [4.69, 9.17) is 4.74 Å². The fraction of sp³-hybridized carbons (Fsp3) is 0.571. The van der Waals surface area contributed by atoms with Gasteiger partial charge in [0, 0.05) is 43.9 Å². The van der Waals surface area contributed by atoms with Gasteiger partial charge in [-0.25, -0.2) is 4.98 Å². The molecule has 2 aliphatic rings. The molecule has 0 unspecified atom stereocenters. The van der Waals surface area contributed by atoms with Gasteiger partial charge in [-0.1, -0.05) is 0 Å². The molecular weight excluding hydrogens is 274 g/mol. The zero-order valence-electron chi connectivity index (χ0n) is 11.5. The van der Waals surface area contributed by atoms with Gasteiger partial charge in [-0.05, 0) is 12.1 Å². The molecule has 3 heterocycles. The van der Waals surface area contributed by atoms with Crippen molar-refractivity contribution in [2.45, 2.75) is 0 Å². The lowest BCUT2D eigenvalue weighted by Crippen LogP contribution is -2.38. The van der Waals surface area contributed by atoms with E-state index in [1.165, 1.54) is 0 Å². The van der Waals surface area contributed by atoms with Gasteiger partial charge in [-0.3, -0.25) is 4.79 Å². The van der Waals surface area contributed by atoms with Crippen LogP contribution < -0.4 is 4.90 Å². The number of morpholine rings is 1. The summed E-state index contributed by atoms with van der Waals surface area (Å²) in [5.74, 6) is 3.10. The Balaban J connectivity index is 1.67. The Morgan fingerprint density at radius 2 is 1.90 bits per heavy atom. The number of pyridine rings is 1. The molecule has 5 nitrogen and oxygen atoms in total. The molecule has 0 aromatic carbocycles. The van der Waals surface area contributed by atoms with E-state index in [1.54, 1.807) is 6.20 Å². The minimum absolute atomic E-state index is 0.103. The largest absolute Gasteiger partial charge is 0.378 e. The number of rotatable bonds is 2. The number of carbonyl (C=O) groups excluding carboxylic acids is 1. The van der Waals surface area contributed by atoms with Crippen molar-refractivity contribution in [3.8, 4) is 0 Å². The maximum absolute atomic E-state index is 12.3. The van der Waals surface area contributed by atoms with E-state index in [2.05, 4.69) is 9.88 Å². The average molecular weight is 293 g/mol. The van der Waals surface area contributed by atoms with Crippen LogP contribution in [0.5, 0.6) is 0 Å². The highest BCUT2D eigenvalue weighted by Crippen LogP contribution is 2.16. The van der Waals surface area contributed by atoms with Crippen molar-refractivity contribution >= 4 is 23.5 Å². The molecule has 0 N–H and O–H groups in total. The van der Waals surface area contributed by atoms with Crippen molar-refractivity contribution in [2.75, 3.05) is 55.8 Å². The first-order chi connectivity index (χ1) is 9.84. The van der Waals surface area contributed by atoms with Crippen LogP contribution in [0.2, 0.25) is 0 Å². The Labute approximate surface area is 123 Å². The summed E-state index contributed by atoms with van der Waals surface area (Å²) in [6, 6.07) is 3.83. The SMILES string of the molecule is O=C(c1ccc(N2CCOCC2)nc1)N1CCSCC1. The van der Waals surface area contributed by atoms with Crippen molar-refractivity contribution in [2.24, 2.45) is 0 Å². The molecule has 2 saturated heterocycles. The first-order valence-electron chi connectivity index (χ1n) is 7.00. The zero-order valence-corrected chi connectivity index (χ0v) is 12.3. The topological polar surface area (TPSA) is 45.7 Å². The maximum atomic E-state index is 12.3. The molecule has 108 valence electrons. The van der Waals surface area contributed by atoms with E-state index in [9.17, 15) is 4.79 Å². The van der Waals surface area contributed by atoms with Crippen molar-refractivity contribution in [3.05, 3.63) is 23.9 Å². The maximum Gasteiger partial charge on any atom is 0.255 e. The summed E-state index contributed by atoms with van der Waals surface area (Å²) >= 11 is 1.90. The Hall–Kier alpha value is -1.27. The second-order valence-corrected chi connectivity index (χ2v) is 6.13. The Morgan fingerprint density at radius 3 is 2.55 bits per heavy atom. The third-order valence-electron chi connectivity index (χ3n) is 3.63. The third kappa shape index (κ3) is 3.07. The molecule has 1 aromatic heterocycles. The van der Waals surface area contributed by atoms with Crippen LogP contribution in [0, 0.1) is 0 Å². The van der Waals surface area contributed by atoms with Crippen LogP contribution in [0.3, 0.4) is 0 Å². The van der Waals surface area contributed by atoms with E-state index >= 15 is 0 Å². The molecule has 0 atom stereocenters. The Morgan fingerprint density at radius 1 is 1.15 bits per heavy atom. The molecule has 0 aliphatic carbocycles. The molecule has 0 saturated carbocycles. The van der Waals surface area contributed by atoms with Gasteiger partial charge in [-0.15, -0.1) is 0 Å². The van der Waals surface area contributed by atoms with Gasteiger partial charge >= 0.3 is 0 Å². The summed E-state index contributed by atoms with van der Waals surface area (Å²) in [4.78, 5) is 20.9. The number of carbonyl (C=O) groups is 1. The molecule has 0 bridgehead atoms. The summed E-state index contributed by atoms with van der Waals surface area (Å²) in [5, 5.41) is 0. The van der Waals surface area contributed by atoms with Crippen LogP contribution >= 0.6 is 11.8 Å². The minimum Gasteiger partial charge on any atom is -0.378 e. The first-order valence-corrected chi connectivity index (χ1v) is 8.16. The number of anilines is 1. The van der Waals surface area contributed by atoms with Crippen molar-refractivity contribution < 1.29 is 9.53 Å². The Kier molecular flexibility index (Phi) is 4.42. The highest BCUT2D eigenvalue weighted by molar-refractivity contribution is 7.99. The highest BCUT2D eigenvalue weighted by atomic mass is 32.2. The summed E-state index contributed by atoms with van der Waals surface area (Å²) in [6.45, 7) is 4.90. The zero-order chi connectivity index (χ0) is 13.8. The van der Waals surface area contributed by atoms with E-state index in [0.29, 0.717) is 5.56 Å². The predicted molar refractivity (Wildman–Crippen MR) is 80.5 cm³/mol. The highest BCUT2D eigenvalue weighted by Gasteiger charge is 2.19. The molecular formula is C14H19N3O2S. The molecule has 20 heavy (non-hydrogen) atoms. The number of ether oxygens (including phenoxy) is 1. The fourth-order valence-electron chi connectivity index (χ4n) is 2.44. The monoisotopic (exact) mass is 293 g/mol. The van der Waals surface area contributed by atoms with Crippen LogP contribution in [0.25, 0.3) is 0 Å². The van der Waals surface area contributed by atoms with Gasteiger partial charge in [0.1, 0.15) is 5.82 Å². The van der Waals surface area contributed by atoms with Gasteiger partial charge in [-0.2, -0.15) is 11.8 Å². The smallest absolute Gasteiger partial charge is 0.255 e. The van der Waals surface area contributed by atoms with Crippen LogP contribution in [0.4, 0.5) is 5.82 Å². The number of nitrogens with zero attached hydrogens (tertiary/aromatic N) is 3. The first kappa shape index (κ1) is 13.7. The molecule has 2 aliphatic heterocycles. The average Bonchev–Trinajstić information content (AvgIpc) is 2.56. The van der Waals surface area contributed by atoms with E-state index in [0.717, 1.165) is 56.7 Å². The van der Waals surface area contributed by atoms with Crippen LogP contribution in [-0.2, 0) is 4.74 Å². The quantitative estimate of drug-likeness (QED) is 0.817. The van der Waals surface area contributed by atoms with E-state index < -0.39 is 0 Å². The summed E-state index contributed by atoms with van der Waals surface area (Å²) in [6.07, 6.45) is 1.70. The molecule has 3 rings (SSSR count). The number of amides is 1. The van der Waals surface area contributed by atoms with Gasteiger partial charge in [0.05, 0.1) is 18.8 Å². The normalized spacial score (nSPS) is 20.0. The number of aromatic nitrogens is 1. The number of hydrogen-bond acceptors (Lipinski definition) is 5. The molecule has 0 radical (unpaired) electrons. The fourth-order valence-corrected chi connectivity index (χ4v) is 3.34. The second-order valence-electron chi connectivity index (χ2n) is 4.91. The van der Waals surface area contributed by atoms with Gasteiger partial charge < -0.3 is 14.5 Å². The summed E-state index contributed by atoms with van der Waals surface area (Å²) < 4.78 is 5.33. The van der Waals surface area contributed by atoms with E-state index in [-0.39, 0.29) is 5.91 Å². The predicted octanol–water partition coefficient (Wildman–Crippen LogP) is 1.11. The number of hydrogen-bond donors (Lipinski definition) is 0. The third-order valence-corrected chi connectivity index (χ3v) is 4.57. The second kappa shape index (κ2) is 6.45. The minimum atomic E-state index is 0.103. The van der Waals surface area contributed by atoms with Gasteiger partial charge in [0.2, 0.25) is 0 Å². The van der Waals surface area contributed by atoms with Crippen molar-refractivity contribution in [3.63, 3.8) is 0 Å². The number of thioether (sulfide) groups is 1. The molecule has 1 aromatic rings. The van der Waals surface area contributed by atoms with Gasteiger partial charge in [0.25, 0.3) is 5.91 Å². The molecule has 2 fully saturated rings. The van der Waals surface area contributed by atoms with Crippen LogP contribution in [0.15, 0.2) is 18.3 Å². The Bertz CT molecular complexity index is 454. The summed E-state index contributed by atoms with van der Waals surface area (Å²) in [5.41, 5.74) is 0.689. The standard InChI is InChI=1S/C14H19N3O2S/c18-14(17-5-9-20-10-6-17)12-1-2-13(15-11-12)16-3-7-19-8-4-16/h1-2,11H,3-10H2. The lowest BCUT2D eigenvalue weighted by Gasteiger charge is -2.28. The molecule has 1 amide bonds. The van der Waals surface area contributed by atoms with Crippen molar-refractivity contribution in [1.29, 1.82) is 0 Å². The molecule has 0 spiro atoms. The van der Waals surface area contributed by atoms with Crippen molar-refractivity contribution in [1.82, 2.24) is 9.88 Å². The van der Waals surface area contributed by atoms with Gasteiger partial charge in [0.15, 0.2) is 0 Å². The van der Waals surface area contributed by atoms with Crippen LogP contribution in [-0.4, -0.2) is 66.7 Å². The lowest BCUT2D eigenvalue weighted by atomic mass is 10.2. The van der Waals surface area contributed by atoms with E-state index in [1.807, 2.05) is 28.8 Å².